The van der Waals surface area contributed by atoms with E-state index in [4.69, 9.17) is 4.74 Å². The molecule has 0 radical (unpaired) electrons. The summed E-state index contributed by atoms with van der Waals surface area (Å²) in [4.78, 5) is 12.6. The van der Waals surface area contributed by atoms with Gasteiger partial charge in [0.15, 0.2) is 6.10 Å². The number of amides is 1. The molecular formula is C20H23NO2. The molecule has 0 saturated heterocycles. The molecule has 1 saturated carbocycles. The van der Waals surface area contributed by atoms with Crippen LogP contribution in [0.5, 0.6) is 0 Å². The third-order valence-corrected chi connectivity index (χ3v) is 4.87. The van der Waals surface area contributed by atoms with Crippen LogP contribution in [0.25, 0.3) is 0 Å². The summed E-state index contributed by atoms with van der Waals surface area (Å²) in [6.45, 7) is 0.669. The number of nitrogens with one attached hydrogen (secondary N) is 1. The van der Waals surface area contributed by atoms with Gasteiger partial charge in [-0.2, -0.15) is 0 Å². The predicted octanol–water partition coefficient (Wildman–Crippen LogP) is 3.61. The Balaban J connectivity index is 1.68. The molecule has 0 spiro atoms. The number of carbonyl (C=O) groups excluding carboxylic acids is 1. The molecule has 1 N–H and O–H groups in total. The van der Waals surface area contributed by atoms with E-state index in [2.05, 4.69) is 29.6 Å². The van der Waals surface area contributed by atoms with Gasteiger partial charge in [-0.05, 0) is 24.0 Å². The third-order valence-electron chi connectivity index (χ3n) is 4.87. The second-order valence-electron chi connectivity index (χ2n) is 6.24. The zero-order valence-corrected chi connectivity index (χ0v) is 13.5. The highest BCUT2D eigenvalue weighted by atomic mass is 16.5. The molecular weight excluding hydrogens is 286 g/mol. The lowest BCUT2D eigenvalue weighted by Gasteiger charge is -2.42. The maximum absolute atomic E-state index is 12.6. The Morgan fingerprint density at radius 3 is 2.22 bits per heavy atom. The summed E-state index contributed by atoms with van der Waals surface area (Å²) in [5.41, 5.74) is 2.29. The lowest BCUT2D eigenvalue weighted by molar-refractivity contribution is -0.131. The minimum atomic E-state index is -0.552. The van der Waals surface area contributed by atoms with E-state index < -0.39 is 6.10 Å². The lowest BCUT2D eigenvalue weighted by atomic mass is 9.64. The number of ether oxygens (including phenoxy) is 1. The molecule has 1 aliphatic carbocycles. The average Bonchev–Trinajstić information content (AvgIpc) is 2.56. The smallest absolute Gasteiger partial charge is 0.253 e. The molecule has 3 heteroatoms. The Morgan fingerprint density at radius 2 is 1.70 bits per heavy atom. The van der Waals surface area contributed by atoms with Gasteiger partial charge in [-0.25, -0.2) is 0 Å². The Kier molecular flexibility index (Phi) is 4.77. The van der Waals surface area contributed by atoms with E-state index in [1.807, 2.05) is 36.4 Å². The molecule has 120 valence electrons. The molecule has 1 fully saturated rings. The Hall–Kier alpha value is -2.13. The first-order valence-electron chi connectivity index (χ1n) is 8.16. The van der Waals surface area contributed by atoms with Crippen LogP contribution < -0.4 is 5.32 Å². The number of benzene rings is 2. The second kappa shape index (κ2) is 6.97. The topological polar surface area (TPSA) is 38.3 Å². The van der Waals surface area contributed by atoms with Gasteiger partial charge >= 0.3 is 0 Å². The number of rotatable bonds is 6. The van der Waals surface area contributed by atoms with Gasteiger partial charge in [0.1, 0.15) is 0 Å². The molecule has 1 aliphatic rings. The van der Waals surface area contributed by atoms with Gasteiger partial charge in [0.2, 0.25) is 0 Å². The lowest BCUT2D eigenvalue weighted by Crippen LogP contribution is -2.46. The molecule has 23 heavy (non-hydrogen) atoms. The zero-order valence-electron chi connectivity index (χ0n) is 13.5. The minimum Gasteiger partial charge on any atom is -0.367 e. The predicted molar refractivity (Wildman–Crippen MR) is 91.2 cm³/mol. The van der Waals surface area contributed by atoms with E-state index in [1.54, 1.807) is 7.11 Å². The van der Waals surface area contributed by atoms with Crippen molar-refractivity contribution in [2.45, 2.75) is 30.8 Å². The van der Waals surface area contributed by atoms with Crippen molar-refractivity contribution in [3.05, 3.63) is 71.8 Å². The van der Waals surface area contributed by atoms with Crippen molar-refractivity contribution in [3.63, 3.8) is 0 Å². The third kappa shape index (κ3) is 3.30. The summed E-state index contributed by atoms with van der Waals surface area (Å²) >= 11 is 0. The van der Waals surface area contributed by atoms with Crippen LogP contribution in [0.2, 0.25) is 0 Å². The Bertz CT molecular complexity index is 635. The van der Waals surface area contributed by atoms with Crippen LogP contribution in [0.4, 0.5) is 0 Å². The first kappa shape index (κ1) is 15.8. The van der Waals surface area contributed by atoms with Gasteiger partial charge in [-0.15, -0.1) is 0 Å². The van der Waals surface area contributed by atoms with Crippen molar-refractivity contribution in [1.82, 2.24) is 5.32 Å². The monoisotopic (exact) mass is 309 g/mol. The fourth-order valence-electron chi connectivity index (χ4n) is 3.33. The van der Waals surface area contributed by atoms with Crippen molar-refractivity contribution in [1.29, 1.82) is 0 Å². The molecule has 1 amide bonds. The summed E-state index contributed by atoms with van der Waals surface area (Å²) in [6, 6.07) is 20.1. The molecule has 0 bridgehead atoms. The quantitative estimate of drug-likeness (QED) is 0.885. The number of hydrogen-bond donors (Lipinski definition) is 1. The van der Waals surface area contributed by atoms with E-state index in [-0.39, 0.29) is 11.3 Å². The normalized spacial score (nSPS) is 17.1. The molecule has 1 atom stereocenters. The van der Waals surface area contributed by atoms with Gasteiger partial charge in [-0.1, -0.05) is 67.1 Å². The van der Waals surface area contributed by atoms with Crippen molar-refractivity contribution in [2.75, 3.05) is 13.7 Å². The van der Waals surface area contributed by atoms with Gasteiger partial charge in [0.05, 0.1) is 0 Å². The van der Waals surface area contributed by atoms with Crippen LogP contribution in [0.1, 0.15) is 36.5 Å². The molecule has 0 unspecified atom stereocenters. The summed E-state index contributed by atoms with van der Waals surface area (Å²) in [5.74, 6) is -0.0686. The zero-order chi connectivity index (χ0) is 16.1. The van der Waals surface area contributed by atoms with E-state index in [0.29, 0.717) is 6.54 Å². The van der Waals surface area contributed by atoms with Crippen molar-refractivity contribution < 1.29 is 9.53 Å². The van der Waals surface area contributed by atoms with Gasteiger partial charge in [0.25, 0.3) is 5.91 Å². The van der Waals surface area contributed by atoms with Crippen LogP contribution in [0.3, 0.4) is 0 Å². The SMILES string of the molecule is CO[C@@H](C(=O)NCC1(c2ccccc2)CCC1)c1ccccc1. The molecule has 0 aromatic heterocycles. The van der Waals surface area contributed by atoms with Crippen LogP contribution in [-0.4, -0.2) is 19.6 Å². The average molecular weight is 309 g/mol. The van der Waals surface area contributed by atoms with Crippen molar-refractivity contribution in [2.24, 2.45) is 0 Å². The molecule has 2 aromatic rings. The van der Waals surface area contributed by atoms with Crippen LogP contribution in [0.15, 0.2) is 60.7 Å². The summed E-state index contributed by atoms with van der Waals surface area (Å²) in [6.07, 6.45) is 2.92. The highest BCUT2D eigenvalue weighted by molar-refractivity contribution is 5.82. The largest absolute Gasteiger partial charge is 0.367 e. The number of hydrogen-bond acceptors (Lipinski definition) is 2. The summed E-state index contributed by atoms with van der Waals surface area (Å²) in [7, 11) is 1.58. The maximum Gasteiger partial charge on any atom is 0.253 e. The minimum absolute atomic E-state index is 0.0686. The summed E-state index contributed by atoms with van der Waals surface area (Å²) in [5, 5.41) is 3.11. The fourth-order valence-corrected chi connectivity index (χ4v) is 3.33. The van der Waals surface area contributed by atoms with Crippen molar-refractivity contribution in [3.8, 4) is 0 Å². The van der Waals surface area contributed by atoms with Crippen LogP contribution >= 0.6 is 0 Å². The Labute approximate surface area is 137 Å². The first-order valence-corrected chi connectivity index (χ1v) is 8.16. The molecule has 2 aromatic carbocycles. The van der Waals surface area contributed by atoms with E-state index >= 15 is 0 Å². The molecule has 0 heterocycles. The molecule has 0 aliphatic heterocycles. The van der Waals surface area contributed by atoms with Crippen LogP contribution in [-0.2, 0) is 14.9 Å². The molecule has 3 rings (SSSR count). The van der Waals surface area contributed by atoms with E-state index in [1.165, 1.54) is 12.0 Å². The van der Waals surface area contributed by atoms with Crippen LogP contribution in [0, 0.1) is 0 Å². The number of methoxy groups -OCH3 is 1. The van der Waals surface area contributed by atoms with Gasteiger partial charge in [-0.3, -0.25) is 4.79 Å². The standard InChI is InChI=1S/C20H23NO2/c1-23-18(16-9-4-2-5-10-16)19(22)21-15-20(13-8-14-20)17-11-6-3-7-12-17/h2-7,9-12,18H,8,13-15H2,1H3,(H,21,22)/t18-/m1/s1. The highest BCUT2D eigenvalue weighted by Gasteiger charge is 2.39. The molecule has 3 nitrogen and oxygen atoms in total. The maximum atomic E-state index is 12.6. The first-order chi connectivity index (χ1) is 11.2. The van der Waals surface area contributed by atoms with E-state index in [9.17, 15) is 4.79 Å². The second-order valence-corrected chi connectivity index (χ2v) is 6.24. The van der Waals surface area contributed by atoms with Gasteiger partial charge in [0, 0.05) is 19.1 Å². The fraction of sp³-hybridized carbons (Fsp3) is 0.350. The van der Waals surface area contributed by atoms with Crippen molar-refractivity contribution >= 4 is 5.91 Å². The summed E-state index contributed by atoms with van der Waals surface area (Å²) < 4.78 is 5.41. The van der Waals surface area contributed by atoms with E-state index in [0.717, 1.165) is 18.4 Å². The highest BCUT2D eigenvalue weighted by Crippen LogP contribution is 2.43. The number of carbonyl (C=O) groups is 1. The van der Waals surface area contributed by atoms with Gasteiger partial charge < -0.3 is 10.1 Å². The Morgan fingerprint density at radius 1 is 1.09 bits per heavy atom.